The zero-order valence-electron chi connectivity index (χ0n) is 11.1. The van der Waals surface area contributed by atoms with Crippen molar-refractivity contribution in [1.29, 1.82) is 0 Å². The summed E-state index contributed by atoms with van der Waals surface area (Å²) in [5, 5.41) is 0. The summed E-state index contributed by atoms with van der Waals surface area (Å²) in [4.78, 5) is 10.8. The Labute approximate surface area is 117 Å². The normalized spacial score (nSPS) is 19.9. The topological polar surface area (TPSA) is 38.2 Å². The first-order valence-corrected chi connectivity index (χ1v) is 6.66. The molecule has 0 radical (unpaired) electrons. The molecule has 0 N–H and O–H groups in total. The van der Waals surface area contributed by atoms with Crippen LogP contribution in [0.15, 0.2) is 42.7 Å². The van der Waals surface area contributed by atoms with Crippen molar-refractivity contribution in [2.75, 3.05) is 19.8 Å². The molecule has 0 amide bonds. The maximum atomic E-state index is 13.0. The van der Waals surface area contributed by atoms with E-state index in [9.17, 15) is 4.39 Å². The Hall–Kier alpha value is -1.85. The summed E-state index contributed by atoms with van der Waals surface area (Å²) in [6.07, 6.45) is 3.49. The average Bonchev–Trinajstić information content (AvgIpc) is 2.50. The first-order chi connectivity index (χ1) is 9.83. The van der Waals surface area contributed by atoms with E-state index < -0.39 is 0 Å². The van der Waals surface area contributed by atoms with E-state index >= 15 is 0 Å². The second-order valence-electron chi connectivity index (χ2n) is 4.78. The Morgan fingerprint density at radius 1 is 1.20 bits per heavy atom. The Morgan fingerprint density at radius 3 is 2.70 bits per heavy atom. The lowest BCUT2D eigenvalue weighted by atomic mass is 10.0. The number of ether oxygens (including phenoxy) is 1. The van der Waals surface area contributed by atoms with Gasteiger partial charge in [0, 0.05) is 18.9 Å². The number of aromatic nitrogens is 2. The van der Waals surface area contributed by atoms with Crippen LogP contribution in [0.4, 0.5) is 4.39 Å². The molecule has 1 aliphatic rings. The molecule has 2 heterocycles. The number of rotatable bonds is 3. The highest BCUT2D eigenvalue weighted by Crippen LogP contribution is 2.25. The fraction of sp³-hybridized carbons (Fsp3) is 0.333. The highest BCUT2D eigenvalue weighted by molar-refractivity contribution is 5.20. The van der Waals surface area contributed by atoms with Crippen LogP contribution < -0.4 is 0 Å². The minimum Gasteiger partial charge on any atom is -0.378 e. The quantitative estimate of drug-likeness (QED) is 0.859. The van der Waals surface area contributed by atoms with Gasteiger partial charge in [-0.15, -0.1) is 0 Å². The van der Waals surface area contributed by atoms with Crippen LogP contribution in [0, 0.1) is 5.82 Å². The van der Waals surface area contributed by atoms with E-state index in [0.717, 1.165) is 17.9 Å². The van der Waals surface area contributed by atoms with E-state index in [1.807, 2.05) is 12.1 Å². The number of morpholine rings is 1. The highest BCUT2D eigenvalue weighted by atomic mass is 19.1. The summed E-state index contributed by atoms with van der Waals surface area (Å²) < 4.78 is 18.6. The number of hydrogen-bond acceptors (Lipinski definition) is 4. The van der Waals surface area contributed by atoms with Crippen molar-refractivity contribution in [1.82, 2.24) is 14.9 Å². The van der Waals surface area contributed by atoms with Crippen LogP contribution in [-0.4, -0.2) is 34.6 Å². The van der Waals surface area contributed by atoms with Crippen molar-refractivity contribution >= 4 is 0 Å². The summed E-state index contributed by atoms with van der Waals surface area (Å²) in [5.41, 5.74) is 1.06. The molecule has 1 unspecified atom stereocenters. The number of nitrogens with zero attached hydrogens (tertiary/aromatic N) is 3. The monoisotopic (exact) mass is 273 g/mol. The molecule has 0 spiro atoms. The van der Waals surface area contributed by atoms with Gasteiger partial charge >= 0.3 is 0 Å². The van der Waals surface area contributed by atoms with Crippen molar-refractivity contribution in [2.24, 2.45) is 0 Å². The molecule has 5 heteroatoms. The zero-order chi connectivity index (χ0) is 13.8. The third-order valence-electron chi connectivity index (χ3n) is 3.46. The summed E-state index contributed by atoms with van der Waals surface area (Å²) in [6.45, 7) is 2.80. The largest absolute Gasteiger partial charge is 0.378 e. The maximum Gasteiger partial charge on any atom is 0.142 e. The van der Waals surface area contributed by atoms with E-state index in [1.54, 1.807) is 18.5 Å². The molecule has 1 fully saturated rings. The van der Waals surface area contributed by atoms with Gasteiger partial charge in [0.1, 0.15) is 11.6 Å². The van der Waals surface area contributed by atoms with Gasteiger partial charge < -0.3 is 4.74 Å². The maximum absolute atomic E-state index is 13.0. The van der Waals surface area contributed by atoms with E-state index in [0.29, 0.717) is 19.8 Å². The smallest absolute Gasteiger partial charge is 0.142 e. The van der Waals surface area contributed by atoms with E-state index in [2.05, 4.69) is 14.9 Å². The lowest BCUT2D eigenvalue weighted by Crippen LogP contribution is -2.39. The predicted molar refractivity (Wildman–Crippen MR) is 72.4 cm³/mol. The number of benzene rings is 1. The standard InChI is InChI=1S/C15H16FN3O/c16-13-4-2-12(3-5-13)14-11-20-9-8-19(14)10-15-17-6-1-7-18-15/h1-7,14H,8-11H2. The van der Waals surface area contributed by atoms with Gasteiger partial charge in [-0.05, 0) is 23.8 Å². The minimum atomic E-state index is -0.219. The Bertz CT molecular complexity index is 547. The molecule has 0 aliphatic carbocycles. The summed E-state index contributed by atoms with van der Waals surface area (Å²) >= 11 is 0. The number of hydrogen-bond donors (Lipinski definition) is 0. The summed E-state index contributed by atoms with van der Waals surface area (Å²) in [6, 6.07) is 8.53. The van der Waals surface area contributed by atoms with Gasteiger partial charge in [0.05, 0.1) is 25.8 Å². The molecule has 1 saturated heterocycles. The lowest BCUT2D eigenvalue weighted by molar-refractivity contribution is -0.0138. The first kappa shape index (κ1) is 13.1. The van der Waals surface area contributed by atoms with Crippen LogP contribution >= 0.6 is 0 Å². The molecule has 2 aromatic rings. The SMILES string of the molecule is Fc1ccc(C2COCCN2Cc2ncccn2)cc1. The Kier molecular flexibility index (Phi) is 3.99. The van der Waals surface area contributed by atoms with Crippen LogP contribution in [0.25, 0.3) is 0 Å². The van der Waals surface area contributed by atoms with E-state index in [1.165, 1.54) is 12.1 Å². The molecular formula is C15H16FN3O. The molecule has 1 aromatic heterocycles. The minimum absolute atomic E-state index is 0.119. The first-order valence-electron chi connectivity index (χ1n) is 6.66. The average molecular weight is 273 g/mol. The van der Waals surface area contributed by atoms with Crippen molar-refractivity contribution in [3.05, 3.63) is 59.9 Å². The van der Waals surface area contributed by atoms with Crippen LogP contribution in [0.3, 0.4) is 0 Å². The van der Waals surface area contributed by atoms with E-state index in [4.69, 9.17) is 4.74 Å². The fourth-order valence-electron chi connectivity index (χ4n) is 2.41. The molecule has 1 aliphatic heterocycles. The molecule has 20 heavy (non-hydrogen) atoms. The van der Waals surface area contributed by atoms with E-state index in [-0.39, 0.29) is 11.9 Å². The third-order valence-corrected chi connectivity index (χ3v) is 3.46. The van der Waals surface area contributed by atoms with Gasteiger partial charge in [-0.1, -0.05) is 12.1 Å². The summed E-state index contributed by atoms with van der Waals surface area (Å²) in [7, 11) is 0. The van der Waals surface area contributed by atoms with Crippen molar-refractivity contribution in [3.8, 4) is 0 Å². The lowest BCUT2D eigenvalue weighted by Gasteiger charge is -2.35. The van der Waals surface area contributed by atoms with Crippen molar-refractivity contribution < 1.29 is 9.13 Å². The van der Waals surface area contributed by atoms with Crippen molar-refractivity contribution in [2.45, 2.75) is 12.6 Å². The molecule has 0 bridgehead atoms. The van der Waals surface area contributed by atoms with Gasteiger partial charge in [0.15, 0.2) is 0 Å². The molecule has 104 valence electrons. The van der Waals surface area contributed by atoms with Crippen LogP contribution in [0.5, 0.6) is 0 Å². The molecule has 4 nitrogen and oxygen atoms in total. The Morgan fingerprint density at radius 2 is 1.95 bits per heavy atom. The van der Waals surface area contributed by atoms with Crippen LogP contribution in [0.2, 0.25) is 0 Å². The molecule has 1 aromatic carbocycles. The molecule has 1 atom stereocenters. The predicted octanol–water partition coefficient (Wildman–Crippen LogP) is 2.19. The van der Waals surface area contributed by atoms with Crippen LogP contribution in [-0.2, 0) is 11.3 Å². The van der Waals surface area contributed by atoms with Gasteiger partial charge in [-0.3, -0.25) is 4.90 Å². The van der Waals surface area contributed by atoms with Gasteiger partial charge in [-0.25, -0.2) is 14.4 Å². The van der Waals surface area contributed by atoms with Gasteiger partial charge in [-0.2, -0.15) is 0 Å². The molecular weight excluding hydrogens is 257 g/mol. The van der Waals surface area contributed by atoms with Crippen LogP contribution in [0.1, 0.15) is 17.4 Å². The summed E-state index contributed by atoms with van der Waals surface area (Å²) in [5.74, 6) is 0.574. The van der Waals surface area contributed by atoms with Gasteiger partial charge in [0.25, 0.3) is 0 Å². The van der Waals surface area contributed by atoms with Gasteiger partial charge in [0.2, 0.25) is 0 Å². The molecule has 3 rings (SSSR count). The molecule has 0 saturated carbocycles. The Balaban J connectivity index is 1.78. The third kappa shape index (κ3) is 3.00. The zero-order valence-corrected chi connectivity index (χ0v) is 11.1. The highest BCUT2D eigenvalue weighted by Gasteiger charge is 2.25. The fourth-order valence-corrected chi connectivity index (χ4v) is 2.41. The second-order valence-corrected chi connectivity index (χ2v) is 4.78. The second kappa shape index (κ2) is 6.07. The number of halogens is 1. The van der Waals surface area contributed by atoms with Crippen molar-refractivity contribution in [3.63, 3.8) is 0 Å².